The highest BCUT2D eigenvalue weighted by Crippen LogP contribution is 2.37. The van der Waals surface area contributed by atoms with Gasteiger partial charge in [-0.1, -0.05) is 0 Å². The smallest absolute Gasteiger partial charge is 0.278 e. The Hall–Kier alpha value is -1.23. The molecule has 3 nitrogen and oxygen atoms in total. The van der Waals surface area contributed by atoms with E-state index >= 15 is 0 Å². The van der Waals surface area contributed by atoms with E-state index in [1.807, 2.05) is 0 Å². The van der Waals surface area contributed by atoms with Crippen molar-refractivity contribution < 1.29 is 18.6 Å². The molecule has 1 rings (SSSR count). The SMILES string of the molecule is COc1ncccc1C(F)(F)CCCCO. The quantitative estimate of drug-likeness (QED) is 0.764. The zero-order valence-corrected chi connectivity index (χ0v) is 9.12. The average molecular weight is 231 g/mol. The van der Waals surface area contributed by atoms with Gasteiger partial charge in [-0.15, -0.1) is 0 Å². The summed E-state index contributed by atoms with van der Waals surface area (Å²) in [6.07, 6.45) is 1.74. The number of halogens is 2. The van der Waals surface area contributed by atoms with E-state index in [-0.39, 0.29) is 30.9 Å². The zero-order chi connectivity index (χ0) is 12.0. The first kappa shape index (κ1) is 12.8. The highest BCUT2D eigenvalue weighted by atomic mass is 19.3. The standard InChI is InChI=1S/C11H15F2NO2/c1-16-10-9(5-4-7-14-10)11(12,13)6-2-3-8-15/h4-5,7,15H,2-3,6,8H2,1H3. The molecule has 0 amide bonds. The fraction of sp³-hybridized carbons (Fsp3) is 0.545. The Morgan fingerprint density at radius 2 is 2.19 bits per heavy atom. The molecule has 0 bridgehead atoms. The Morgan fingerprint density at radius 3 is 2.81 bits per heavy atom. The summed E-state index contributed by atoms with van der Waals surface area (Å²) in [4.78, 5) is 3.74. The van der Waals surface area contributed by atoms with Crippen LogP contribution in [0.3, 0.4) is 0 Å². The Morgan fingerprint density at radius 1 is 1.44 bits per heavy atom. The van der Waals surface area contributed by atoms with Gasteiger partial charge in [0.1, 0.15) is 0 Å². The van der Waals surface area contributed by atoms with Crippen LogP contribution in [0.15, 0.2) is 18.3 Å². The predicted octanol–water partition coefficient (Wildman–Crippen LogP) is 2.34. The number of rotatable bonds is 6. The van der Waals surface area contributed by atoms with E-state index in [1.54, 1.807) is 0 Å². The second-order valence-corrected chi connectivity index (χ2v) is 3.45. The van der Waals surface area contributed by atoms with E-state index in [0.717, 1.165) is 0 Å². The van der Waals surface area contributed by atoms with Gasteiger partial charge in [0.05, 0.1) is 12.7 Å². The lowest BCUT2D eigenvalue weighted by molar-refractivity contribution is -0.0190. The first-order chi connectivity index (χ1) is 7.61. The van der Waals surface area contributed by atoms with Crippen LogP contribution in [-0.4, -0.2) is 23.8 Å². The molecule has 16 heavy (non-hydrogen) atoms. The van der Waals surface area contributed by atoms with Gasteiger partial charge >= 0.3 is 0 Å². The molecule has 1 aromatic heterocycles. The molecule has 0 radical (unpaired) electrons. The fourth-order valence-corrected chi connectivity index (χ4v) is 1.43. The number of methoxy groups -OCH3 is 1. The molecule has 90 valence electrons. The molecule has 0 spiro atoms. The normalized spacial score (nSPS) is 11.5. The van der Waals surface area contributed by atoms with Crippen LogP contribution in [0.2, 0.25) is 0 Å². The molecule has 0 saturated heterocycles. The van der Waals surface area contributed by atoms with Crippen LogP contribution in [0.25, 0.3) is 0 Å². The monoisotopic (exact) mass is 231 g/mol. The summed E-state index contributed by atoms with van der Waals surface area (Å²) in [6, 6.07) is 2.77. The van der Waals surface area contributed by atoms with Gasteiger partial charge in [-0.25, -0.2) is 13.8 Å². The van der Waals surface area contributed by atoms with E-state index in [2.05, 4.69) is 4.98 Å². The minimum Gasteiger partial charge on any atom is -0.481 e. The lowest BCUT2D eigenvalue weighted by atomic mass is 10.0. The van der Waals surface area contributed by atoms with Crippen LogP contribution in [0.4, 0.5) is 8.78 Å². The van der Waals surface area contributed by atoms with Crippen LogP contribution in [0, 0.1) is 0 Å². The number of ether oxygens (including phenoxy) is 1. The Bertz CT molecular complexity index is 332. The molecule has 1 N–H and O–H groups in total. The van der Waals surface area contributed by atoms with Gasteiger partial charge < -0.3 is 9.84 Å². The van der Waals surface area contributed by atoms with E-state index in [9.17, 15) is 8.78 Å². The summed E-state index contributed by atoms with van der Waals surface area (Å²) in [6.45, 7) is -0.0692. The van der Waals surface area contributed by atoms with E-state index in [4.69, 9.17) is 9.84 Å². The number of hydrogen-bond acceptors (Lipinski definition) is 3. The number of alkyl halides is 2. The topological polar surface area (TPSA) is 42.4 Å². The third-order valence-electron chi connectivity index (χ3n) is 2.26. The van der Waals surface area contributed by atoms with Crippen molar-refractivity contribution in [2.45, 2.75) is 25.2 Å². The van der Waals surface area contributed by atoms with E-state index in [1.165, 1.54) is 25.4 Å². The van der Waals surface area contributed by atoms with Gasteiger partial charge in [0.25, 0.3) is 5.92 Å². The number of aromatic nitrogens is 1. The summed E-state index contributed by atoms with van der Waals surface area (Å²) in [5.74, 6) is -3.01. The van der Waals surface area contributed by atoms with E-state index in [0.29, 0.717) is 6.42 Å². The summed E-state index contributed by atoms with van der Waals surface area (Å²) in [5.41, 5.74) is -0.199. The van der Waals surface area contributed by atoms with Crippen LogP contribution < -0.4 is 4.74 Å². The number of hydrogen-bond donors (Lipinski definition) is 1. The lowest BCUT2D eigenvalue weighted by Crippen LogP contribution is -2.15. The molecule has 0 aromatic carbocycles. The molecule has 0 aliphatic carbocycles. The molecule has 1 aromatic rings. The Kier molecular flexibility index (Phi) is 4.61. The molecule has 0 aliphatic heterocycles. The van der Waals surface area contributed by atoms with Gasteiger partial charge in [0.15, 0.2) is 0 Å². The van der Waals surface area contributed by atoms with Crippen molar-refractivity contribution in [1.29, 1.82) is 0 Å². The van der Waals surface area contributed by atoms with Crippen LogP contribution in [0.1, 0.15) is 24.8 Å². The van der Waals surface area contributed by atoms with Crippen molar-refractivity contribution in [3.8, 4) is 5.88 Å². The molecule has 0 aliphatic rings. The average Bonchev–Trinajstić information content (AvgIpc) is 2.29. The molecule has 0 saturated carbocycles. The fourth-order valence-electron chi connectivity index (χ4n) is 1.43. The van der Waals surface area contributed by atoms with Crippen LogP contribution in [0.5, 0.6) is 5.88 Å². The minimum absolute atomic E-state index is 0.0449. The van der Waals surface area contributed by atoms with Gasteiger partial charge in [-0.2, -0.15) is 0 Å². The third kappa shape index (κ3) is 3.13. The van der Waals surface area contributed by atoms with Crippen molar-refractivity contribution in [3.05, 3.63) is 23.9 Å². The number of pyridine rings is 1. The van der Waals surface area contributed by atoms with Crippen molar-refractivity contribution >= 4 is 0 Å². The lowest BCUT2D eigenvalue weighted by Gasteiger charge is -2.18. The second kappa shape index (κ2) is 5.75. The first-order valence-electron chi connectivity index (χ1n) is 5.10. The maximum Gasteiger partial charge on any atom is 0.278 e. The second-order valence-electron chi connectivity index (χ2n) is 3.45. The first-order valence-corrected chi connectivity index (χ1v) is 5.10. The van der Waals surface area contributed by atoms with Gasteiger partial charge in [-0.3, -0.25) is 0 Å². The number of aliphatic hydroxyl groups excluding tert-OH is 1. The third-order valence-corrected chi connectivity index (χ3v) is 2.26. The molecule has 0 fully saturated rings. The molecule has 0 unspecified atom stereocenters. The van der Waals surface area contributed by atoms with Crippen molar-refractivity contribution in [3.63, 3.8) is 0 Å². The van der Waals surface area contributed by atoms with Crippen molar-refractivity contribution in [1.82, 2.24) is 4.98 Å². The summed E-state index contributed by atoms with van der Waals surface area (Å²) >= 11 is 0. The summed E-state index contributed by atoms with van der Waals surface area (Å²) in [7, 11) is 1.32. The summed E-state index contributed by atoms with van der Waals surface area (Å²) < 4.78 is 32.2. The van der Waals surface area contributed by atoms with Gasteiger partial charge in [0, 0.05) is 19.2 Å². The zero-order valence-electron chi connectivity index (χ0n) is 9.12. The highest BCUT2D eigenvalue weighted by molar-refractivity contribution is 5.29. The minimum atomic E-state index is -2.96. The van der Waals surface area contributed by atoms with Gasteiger partial charge in [-0.05, 0) is 25.0 Å². The van der Waals surface area contributed by atoms with Crippen LogP contribution in [-0.2, 0) is 5.92 Å². The molecular formula is C11H15F2NO2. The predicted molar refractivity (Wildman–Crippen MR) is 55.6 cm³/mol. The van der Waals surface area contributed by atoms with Gasteiger partial charge in [0.2, 0.25) is 5.88 Å². The Balaban J connectivity index is 2.79. The molecule has 5 heteroatoms. The van der Waals surface area contributed by atoms with Crippen molar-refractivity contribution in [2.24, 2.45) is 0 Å². The van der Waals surface area contributed by atoms with Crippen LogP contribution >= 0.6 is 0 Å². The maximum atomic E-state index is 13.7. The van der Waals surface area contributed by atoms with Crippen molar-refractivity contribution in [2.75, 3.05) is 13.7 Å². The maximum absolute atomic E-state index is 13.7. The molecule has 1 heterocycles. The number of nitrogens with zero attached hydrogens (tertiary/aromatic N) is 1. The number of aliphatic hydroxyl groups is 1. The Labute approximate surface area is 93.1 Å². The largest absolute Gasteiger partial charge is 0.481 e. The highest BCUT2D eigenvalue weighted by Gasteiger charge is 2.34. The molecular weight excluding hydrogens is 216 g/mol. The molecule has 0 atom stereocenters. The summed E-state index contributed by atoms with van der Waals surface area (Å²) in [5, 5.41) is 8.55. The number of unbranched alkanes of at least 4 members (excludes halogenated alkanes) is 1. The van der Waals surface area contributed by atoms with E-state index < -0.39 is 5.92 Å².